The number of hydrogen-bond acceptors (Lipinski definition) is 4. The van der Waals surface area contributed by atoms with Gasteiger partial charge in [-0.2, -0.15) is 0 Å². The van der Waals surface area contributed by atoms with Crippen molar-refractivity contribution in [2.75, 3.05) is 13.2 Å². The Balaban J connectivity index is 4.12. The predicted molar refractivity (Wildman–Crippen MR) is 121 cm³/mol. The molecular formula is C25H46O4. The fourth-order valence-electron chi connectivity index (χ4n) is 3.37. The van der Waals surface area contributed by atoms with Crippen LogP contribution in [0.25, 0.3) is 0 Å². The molecule has 0 spiro atoms. The summed E-state index contributed by atoms with van der Waals surface area (Å²) in [6.45, 7) is 17.0. The van der Waals surface area contributed by atoms with E-state index in [1.165, 1.54) is 11.1 Å². The molecule has 0 saturated carbocycles. The second kappa shape index (κ2) is 13.8. The van der Waals surface area contributed by atoms with E-state index in [9.17, 15) is 9.59 Å². The third kappa shape index (κ3) is 11.4. The number of carbonyl (C=O) groups excluding carboxylic acids is 2. The van der Waals surface area contributed by atoms with E-state index >= 15 is 0 Å². The molecule has 0 fully saturated rings. The van der Waals surface area contributed by atoms with Crippen LogP contribution in [0.1, 0.15) is 113 Å². The molecule has 0 radical (unpaired) electrons. The first kappa shape index (κ1) is 27.7. The maximum atomic E-state index is 11.9. The molecular weight excluding hydrogens is 364 g/mol. The number of esters is 2. The van der Waals surface area contributed by atoms with Crippen LogP contribution in [0.2, 0.25) is 0 Å². The molecule has 0 unspecified atom stereocenters. The largest absolute Gasteiger partial charge is 0.466 e. The van der Waals surface area contributed by atoms with Crippen molar-refractivity contribution in [3.05, 3.63) is 11.1 Å². The molecule has 0 aliphatic heterocycles. The lowest BCUT2D eigenvalue weighted by Gasteiger charge is -2.22. The minimum Gasteiger partial charge on any atom is -0.466 e. The summed E-state index contributed by atoms with van der Waals surface area (Å²) in [6.07, 6.45) is 9.48. The summed E-state index contributed by atoms with van der Waals surface area (Å²) in [5.74, 6) is -0.173. The molecule has 0 saturated heterocycles. The molecule has 0 aliphatic carbocycles. The standard InChI is InChI=1S/C25H46O4/c1-9-28-22(26)24(5,6)18-14-11-12-16-20(3)21(4)17-13-15-19-25(7,8)23(27)29-10-2/h9-19H2,1-8H3/b21-20-. The lowest BCUT2D eigenvalue weighted by Crippen LogP contribution is -2.26. The second-order valence-electron chi connectivity index (χ2n) is 9.54. The highest BCUT2D eigenvalue weighted by atomic mass is 16.5. The number of unbranched alkanes of at least 4 members (excludes halogenated alkanes) is 3. The Kier molecular flexibility index (Phi) is 13.2. The van der Waals surface area contributed by atoms with Crippen LogP contribution in [0, 0.1) is 10.8 Å². The second-order valence-corrected chi connectivity index (χ2v) is 9.54. The van der Waals surface area contributed by atoms with E-state index in [2.05, 4.69) is 13.8 Å². The summed E-state index contributed by atoms with van der Waals surface area (Å²) < 4.78 is 10.3. The number of carbonyl (C=O) groups is 2. The van der Waals surface area contributed by atoms with Gasteiger partial charge in [-0.3, -0.25) is 9.59 Å². The molecule has 0 N–H and O–H groups in total. The van der Waals surface area contributed by atoms with Crippen molar-refractivity contribution in [2.45, 2.75) is 113 Å². The van der Waals surface area contributed by atoms with Gasteiger partial charge >= 0.3 is 11.9 Å². The van der Waals surface area contributed by atoms with Crippen LogP contribution in [0.4, 0.5) is 0 Å². The molecule has 4 nitrogen and oxygen atoms in total. The van der Waals surface area contributed by atoms with E-state index in [-0.39, 0.29) is 22.8 Å². The average Bonchev–Trinajstić information content (AvgIpc) is 2.64. The van der Waals surface area contributed by atoms with E-state index in [0.717, 1.165) is 57.8 Å². The number of hydrogen-bond donors (Lipinski definition) is 0. The van der Waals surface area contributed by atoms with E-state index in [4.69, 9.17) is 9.47 Å². The van der Waals surface area contributed by atoms with Gasteiger partial charge in [0.1, 0.15) is 0 Å². The van der Waals surface area contributed by atoms with Crippen LogP contribution in [-0.2, 0) is 19.1 Å². The van der Waals surface area contributed by atoms with Gasteiger partial charge in [0.2, 0.25) is 0 Å². The van der Waals surface area contributed by atoms with E-state index < -0.39 is 0 Å². The Morgan fingerprint density at radius 2 is 0.966 bits per heavy atom. The van der Waals surface area contributed by atoms with Gasteiger partial charge in [-0.25, -0.2) is 0 Å². The van der Waals surface area contributed by atoms with Gasteiger partial charge in [-0.1, -0.05) is 30.4 Å². The van der Waals surface area contributed by atoms with Gasteiger partial charge in [-0.05, 0) is 93.9 Å². The highest BCUT2D eigenvalue weighted by Gasteiger charge is 2.29. The normalized spacial score (nSPS) is 13.1. The van der Waals surface area contributed by atoms with Gasteiger partial charge in [0.05, 0.1) is 24.0 Å². The molecule has 0 aromatic carbocycles. The third-order valence-electron chi connectivity index (χ3n) is 5.84. The molecule has 0 amide bonds. The lowest BCUT2D eigenvalue weighted by molar-refractivity contribution is -0.154. The Morgan fingerprint density at radius 3 is 1.34 bits per heavy atom. The molecule has 0 atom stereocenters. The van der Waals surface area contributed by atoms with Crippen LogP contribution < -0.4 is 0 Å². The monoisotopic (exact) mass is 410 g/mol. The summed E-state index contributed by atoms with van der Waals surface area (Å²) in [7, 11) is 0. The van der Waals surface area contributed by atoms with Crippen molar-refractivity contribution in [1.82, 2.24) is 0 Å². The Bertz CT molecular complexity index is 529. The van der Waals surface area contributed by atoms with Crippen LogP contribution in [-0.4, -0.2) is 25.2 Å². The molecule has 29 heavy (non-hydrogen) atoms. The molecule has 0 aromatic rings. The molecule has 0 rings (SSSR count). The van der Waals surface area contributed by atoms with E-state index in [1.54, 1.807) is 0 Å². The van der Waals surface area contributed by atoms with Gasteiger partial charge in [0, 0.05) is 0 Å². The number of rotatable bonds is 15. The molecule has 170 valence electrons. The van der Waals surface area contributed by atoms with Crippen molar-refractivity contribution in [1.29, 1.82) is 0 Å². The summed E-state index contributed by atoms with van der Waals surface area (Å²) in [6, 6.07) is 0. The first-order valence-electron chi connectivity index (χ1n) is 11.5. The van der Waals surface area contributed by atoms with E-state index in [1.807, 2.05) is 41.5 Å². The summed E-state index contributed by atoms with van der Waals surface area (Å²) in [4.78, 5) is 23.9. The molecule has 0 aromatic heterocycles. The van der Waals surface area contributed by atoms with Gasteiger partial charge in [0.15, 0.2) is 0 Å². The molecule has 4 heteroatoms. The zero-order valence-corrected chi connectivity index (χ0v) is 20.4. The van der Waals surface area contributed by atoms with Crippen molar-refractivity contribution in [3.63, 3.8) is 0 Å². The van der Waals surface area contributed by atoms with Gasteiger partial charge in [-0.15, -0.1) is 0 Å². The predicted octanol–water partition coefficient (Wildman–Crippen LogP) is 7.01. The van der Waals surface area contributed by atoms with Crippen LogP contribution >= 0.6 is 0 Å². The Hall–Kier alpha value is -1.32. The number of ether oxygens (including phenoxy) is 2. The minimum atomic E-state index is -0.389. The van der Waals surface area contributed by atoms with E-state index in [0.29, 0.717) is 13.2 Å². The van der Waals surface area contributed by atoms with Crippen LogP contribution in [0.5, 0.6) is 0 Å². The average molecular weight is 411 g/mol. The third-order valence-corrected chi connectivity index (χ3v) is 5.84. The van der Waals surface area contributed by atoms with Crippen molar-refractivity contribution in [3.8, 4) is 0 Å². The first-order valence-corrected chi connectivity index (χ1v) is 11.5. The minimum absolute atomic E-state index is 0.0851. The smallest absolute Gasteiger partial charge is 0.311 e. The topological polar surface area (TPSA) is 52.6 Å². The highest BCUT2D eigenvalue weighted by molar-refractivity contribution is 5.76. The van der Waals surface area contributed by atoms with Gasteiger partial charge in [0.25, 0.3) is 0 Å². The van der Waals surface area contributed by atoms with Gasteiger partial charge < -0.3 is 9.47 Å². The van der Waals surface area contributed by atoms with Crippen molar-refractivity contribution in [2.24, 2.45) is 10.8 Å². The zero-order valence-electron chi connectivity index (χ0n) is 20.4. The SMILES string of the molecule is CCOC(=O)C(C)(C)CCCCC/C(C)=C(/C)CCCCC(C)(C)C(=O)OCC. The summed E-state index contributed by atoms with van der Waals surface area (Å²) >= 11 is 0. The zero-order chi connectivity index (χ0) is 22.5. The first-order chi connectivity index (χ1) is 13.5. The van der Waals surface area contributed by atoms with Crippen molar-refractivity contribution >= 4 is 11.9 Å². The molecule has 0 bridgehead atoms. The fraction of sp³-hybridized carbons (Fsp3) is 0.840. The molecule has 0 heterocycles. The maximum Gasteiger partial charge on any atom is 0.311 e. The highest BCUT2D eigenvalue weighted by Crippen LogP contribution is 2.28. The maximum absolute atomic E-state index is 11.9. The Labute approximate surface area is 179 Å². The van der Waals surface area contributed by atoms with Crippen LogP contribution in [0.15, 0.2) is 11.1 Å². The lowest BCUT2D eigenvalue weighted by atomic mass is 9.86. The summed E-state index contributed by atoms with van der Waals surface area (Å²) in [5.41, 5.74) is 2.19. The van der Waals surface area contributed by atoms with Crippen molar-refractivity contribution < 1.29 is 19.1 Å². The molecule has 0 aliphatic rings. The van der Waals surface area contributed by atoms with Crippen LogP contribution in [0.3, 0.4) is 0 Å². The quantitative estimate of drug-likeness (QED) is 0.165. The Morgan fingerprint density at radius 1 is 0.621 bits per heavy atom. The number of allylic oxidation sites excluding steroid dienone is 2. The fourth-order valence-corrected chi connectivity index (χ4v) is 3.37. The summed E-state index contributed by atoms with van der Waals surface area (Å²) in [5, 5.41) is 0.